The largest absolute Gasteiger partial charge is 0.444 e. The predicted molar refractivity (Wildman–Crippen MR) is 233 cm³/mol. The number of nitrogens with one attached hydrogen (secondary N) is 3. The van der Waals surface area contributed by atoms with Gasteiger partial charge in [0, 0.05) is 70.5 Å². The predicted octanol–water partition coefficient (Wildman–Crippen LogP) is 4.21. The number of aliphatic hydroxyl groups is 1. The molecule has 60 heavy (non-hydrogen) atoms. The molecule has 0 aliphatic carbocycles. The molecule has 1 aromatic heterocycles. The summed E-state index contributed by atoms with van der Waals surface area (Å²) >= 11 is 1.57. The Morgan fingerprint density at radius 2 is 1.60 bits per heavy atom. The average Bonchev–Trinajstić information content (AvgIpc) is 3.82. The van der Waals surface area contributed by atoms with E-state index < -0.39 is 52.8 Å². The highest BCUT2D eigenvalue weighted by atomic mass is 32.1. The fourth-order valence-corrected chi connectivity index (χ4v) is 8.08. The molecule has 3 heterocycles. The number of hydrogen-bond donors (Lipinski definition) is 4. The molecule has 2 aromatic carbocycles. The summed E-state index contributed by atoms with van der Waals surface area (Å²) in [7, 11) is 1.74. The number of likely N-dealkylation sites (tertiary alicyclic amines) is 1. The van der Waals surface area contributed by atoms with E-state index in [4.69, 9.17) is 4.74 Å². The number of aliphatic hydroxyl groups excluding tert-OH is 1. The first kappa shape index (κ1) is 46.0. The number of carbonyl (C=O) groups excluding carboxylic acids is 5. The maximum atomic E-state index is 14.1. The lowest BCUT2D eigenvalue weighted by Gasteiger charge is -2.36. The monoisotopic (exact) mass is 846 g/mol. The number of hydrogen-bond acceptors (Lipinski definition) is 11. The molecule has 0 spiro atoms. The molecule has 2 aliphatic rings. The molecule has 15 nitrogen and oxygen atoms in total. The van der Waals surface area contributed by atoms with Crippen LogP contribution in [0.2, 0.25) is 0 Å². The van der Waals surface area contributed by atoms with Crippen LogP contribution in [0.5, 0.6) is 0 Å². The van der Waals surface area contributed by atoms with Gasteiger partial charge in [-0.3, -0.25) is 24.1 Å². The van der Waals surface area contributed by atoms with E-state index in [0.29, 0.717) is 12.1 Å². The number of aromatic nitrogens is 1. The van der Waals surface area contributed by atoms with Crippen LogP contribution in [0, 0.1) is 12.3 Å². The summed E-state index contributed by atoms with van der Waals surface area (Å²) < 4.78 is 5.44. The molecule has 3 aromatic rings. The maximum Gasteiger partial charge on any atom is 0.410 e. The molecular weight excluding hydrogens is 785 g/mol. The second-order valence-corrected chi connectivity index (χ2v) is 18.7. The first-order valence-electron chi connectivity index (χ1n) is 20.6. The van der Waals surface area contributed by atoms with Crippen LogP contribution in [0.15, 0.2) is 54.0 Å². The summed E-state index contributed by atoms with van der Waals surface area (Å²) in [4.78, 5) is 79.3. The topological polar surface area (TPSA) is 177 Å². The van der Waals surface area contributed by atoms with Crippen molar-refractivity contribution in [2.75, 3.05) is 64.3 Å². The Hall–Kier alpha value is -5.06. The Morgan fingerprint density at radius 1 is 0.950 bits per heavy atom. The lowest BCUT2D eigenvalue weighted by atomic mass is 9.85. The van der Waals surface area contributed by atoms with Crippen LogP contribution in [0.1, 0.15) is 82.5 Å². The van der Waals surface area contributed by atoms with Crippen molar-refractivity contribution in [3.05, 3.63) is 70.9 Å². The highest BCUT2D eigenvalue weighted by Gasteiger charge is 2.44. The molecule has 2 fully saturated rings. The van der Waals surface area contributed by atoms with E-state index in [-0.39, 0.29) is 31.6 Å². The minimum atomic E-state index is -1.03. The number of anilines is 1. The van der Waals surface area contributed by atoms with Crippen molar-refractivity contribution in [3.8, 4) is 10.4 Å². The van der Waals surface area contributed by atoms with E-state index in [1.54, 1.807) is 35.4 Å². The van der Waals surface area contributed by atoms with E-state index in [1.165, 1.54) is 4.90 Å². The zero-order valence-corrected chi connectivity index (χ0v) is 37.2. The van der Waals surface area contributed by atoms with Crippen LogP contribution >= 0.6 is 11.3 Å². The molecule has 5 rings (SSSR count). The first-order chi connectivity index (χ1) is 28.2. The van der Waals surface area contributed by atoms with Gasteiger partial charge < -0.3 is 40.5 Å². The SMILES string of the molecule is Cc1ncsc1-c1ccc([C@H](C)NC(=O)[C@@H]2C[C@@H](O)CN2C(=O)C(NC(=O)CNC(=O)c2ccc(N3CCN(CCN(C)C(=O)OC(C)(C)C)CC3)cc2)C(C)(C)C)cc1. The number of likely N-dealkylation sites (N-methyl/N-ethyl adjacent to an activating group) is 1. The maximum absolute atomic E-state index is 14.1. The molecule has 326 valence electrons. The van der Waals surface area contributed by atoms with E-state index in [0.717, 1.165) is 60.1 Å². The molecule has 2 aliphatic heterocycles. The van der Waals surface area contributed by atoms with Gasteiger partial charge in [0.15, 0.2) is 0 Å². The highest BCUT2D eigenvalue weighted by Crippen LogP contribution is 2.30. The number of piperazine rings is 1. The van der Waals surface area contributed by atoms with Gasteiger partial charge >= 0.3 is 6.09 Å². The Bertz CT molecular complexity index is 1970. The van der Waals surface area contributed by atoms with Crippen molar-refractivity contribution < 1.29 is 33.8 Å². The summed E-state index contributed by atoms with van der Waals surface area (Å²) in [6.07, 6.45) is -1.17. The number of benzene rings is 2. The first-order valence-corrected chi connectivity index (χ1v) is 21.5. The number of carbonyl (C=O) groups is 5. The van der Waals surface area contributed by atoms with E-state index in [2.05, 4.69) is 30.7 Å². The van der Waals surface area contributed by atoms with Crippen LogP contribution in [-0.4, -0.2) is 138 Å². The number of thiazole rings is 1. The third-order valence-corrected chi connectivity index (χ3v) is 11.8. The lowest BCUT2D eigenvalue weighted by molar-refractivity contribution is -0.144. The smallest absolute Gasteiger partial charge is 0.410 e. The standard InChI is InChI=1S/C44H62N8O7S/c1-28(30-10-12-31(13-11-30)37-29(2)46-27-60-37)47-40(56)35-24-34(53)26-52(35)41(57)38(43(3,4)5)48-36(54)25-45-39(55)32-14-16-33(17-15-32)51-22-20-50(21-23-51)19-18-49(9)42(58)59-44(6,7)8/h10-17,27-28,34-35,38,53H,18-26H2,1-9H3,(H,45,55)(H,47,56)(H,48,54)/t28-,34+,35-,38?/m0/s1. The molecule has 0 bridgehead atoms. The normalized spacial score (nSPS) is 18.4. The minimum Gasteiger partial charge on any atom is -0.444 e. The number of β-amino-alcohol motifs (C(OH)–C–C–N with tert-alkyl or cyclic N) is 1. The third kappa shape index (κ3) is 12.3. The van der Waals surface area contributed by atoms with E-state index in [1.807, 2.05) is 97.3 Å². The van der Waals surface area contributed by atoms with Crippen LogP contribution in [-0.2, 0) is 19.1 Å². The highest BCUT2D eigenvalue weighted by molar-refractivity contribution is 7.13. The number of rotatable bonds is 13. The summed E-state index contributed by atoms with van der Waals surface area (Å²) in [5, 5.41) is 19.1. The molecule has 4 atom stereocenters. The number of amides is 5. The molecule has 1 unspecified atom stereocenters. The van der Waals surface area contributed by atoms with Gasteiger partial charge in [-0.25, -0.2) is 9.78 Å². The number of nitrogens with zero attached hydrogens (tertiary/aromatic N) is 5. The van der Waals surface area contributed by atoms with Gasteiger partial charge in [-0.15, -0.1) is 11.3 Å². The second kappa shape index (κ2) is 19.5. The van der Waals surface area contributed by atoms with Gasteiger partial charge in [0.2, 0.25) is 17.7 Å². The van der Waals surface area contributed by atoms with Crippen molar-refractivity contribution in [2.24, 2.45) is 5.41 Å². The Labute approximate surface area is 357 Å². The molecule has 0 radical (unpaired) electrons. The van der Waals surface area contributed by atoms with Gasteiger partial charge in [0.25, 0.3) is 5.91 Å². The van der Waals surface area contributed by atoms with E-state index >= 15 is 0 Å². The molecule has 16 heteroatoms. The van der Waals surface area contributed by atoms with Crippen molar-refractivity contribution >= 4 is 46.7 Å². The van der Waals surface area contributed by atoms with Crippen molar-refractivity contribution in [1.29, 1.82) is 0 Å². The van der Waals surface area contributed by atoms with Crippen molar-refractivity contribution in [1.82, 2.24) is 35.6 Å². The van der Waals surface area contributed by atoms with Crippen LogP contribution in [0.25, 0.3) is 10.4 Å². The van der Waals surface area contributed by atoms with Crippen LogP contribution in [0.3, 0.4) is 0 Å². The summed E-state index contributed by atoms with van der Waals surface area (Å²) in [6, 6.07) is 12.8. The number of aryl methyl sites for hydroxylation is 1. The van der Waals surface area contributed by atoms with Gasteiger partial charge in [0.1, 0.15) is 17.7 Å². The van der Waals surface area contributed by atoms with Gasteiger partial charge in [-0.1, -0.05) is 45.0 Å². The Balaban J connectivity index is 1.10. The zero-order valence-electron chi connectivity index (χ0n) is 36.4. The summed E-state index contributed by atoms with van der Waals surface area (Å²) in [6.45, 7) is 18.9. The minimum absolute atomic E-state index is 0.0491. The Morgan fingerprint density at radius 3 is 2.18 bits per heavy atom. The lowest BCUT2D eigenvalue weighted by Crippen LogP contribution is -2.58. The summed E-state index contributed by atoms with van der Waals surface area (Å²) in [5.41, 5.74) is 4.76. The van der Waals surface area contributed by atoms with Crippen molar-refractivity contribution in [2.45, 2.75) is 91.6 Å². The Kier molecular flexibility index (Phi) is 15.0. The average molecular weight is 847 g/mol. The zero-order chi connectivity index (χ0) is 43.9. The van der Waals surface area contributed by atoms with Crippen LogP contribution < -0.4 is 20.9 Å². The quantitative estimate of drug-likeness (QED) is 0.195. The van der Waals surface area contributed by atoms with Gasteiger partial charge in [-0.05, 0) is 75.4 Å². The van der Waals surface area contributed by atoms with Gasteiger partial charge in [-0.2, -0.15) is 0 Å². The van der Waals surface area contributed by atoms with E-state index in [9.17, 15) is 29.1 Å². The van der Waals surface area contributed by atoms with Crippen molar-refractivity contribution in [3.63, 3.8) is 0 Å². The molecule has 5 amide bonds. The molecule has 2 saturated heterocycles. The molecule has 4 N–H and O–H groups in total. The van der Waals surface area contributed by atoms with Gasteiger partial charge in [0.05, 0.1) is 34.8 Å². The molecular formula is C44H62N8O7S. The van der Waals surface area contributed by atoms with Crippen LogP contribution in [0.4, 0.5) is 10.5 Å². The summed E-state index contributed by atoms with van der Waals surface area (Å²) in [5.74, 6) is -1.87. The number of ether oxygens (including phenoxy) is 1. The fourth-order valence-electron chi connectivity index (χ4n) is 7.27. The fraction of sp³-hybridized carbons (Fsp3) is 0.545. The molecule has 0 saturated carbocycles. The second-order valence-electron chi connectivity index (χ2n) is 17.8. The third-order valence-electron chi connectivity index (χ3n) is 10.8.